The predicted octanol–water partition coefficient (Wildman–Crippen LogP) is 12.2. The van der Waals surface area contributed by atoms with Gasteiger partial charge in [-0.2, -0.15) is 0 Å². The van der Waals surface area contributed by atoms with Gasteiger partial charge in [-0.1, -0.05) is 102 Å². The summed E-state index contributed by atoms with van der Waals surface area (Å²) in [5, 5.41) is 5.26. The molecule has 0 radical (unpaired) electrons. The first-order valence-corrected chi connectivity index (χ1v) is 17.6. The van der Waals surface area contributed by atoms with Crippen molar-refractivity contribution in [1.29, 1.82) is 0 Å². The number of hydrogen-bond donors (Lipinski definition) is 3. The molecule has 0 saturated carbocycles. The van der Waals surface area contributed by atoms with Gasteiger partial charge in [0.05, 0.1) is 40.5 Å². The molecule has 4 aromatic heterocycles. The molecule has 6 nitrogen and oxygen atoms in total. The van der Waals surface area contributed by atoms with Crippen molar-refractivity contribution >= 4 is 79.6 Å². The molecule has 0 unspecified atom stereocenters. The Kier molecular flexibility index (Phi) is 7.54. The van der Waals surface area contributed by atoms with Crippen molar-refractivity contribution in [1.82, 2.24) is 24.9 Å². The van der Waals surface area contributed by atoms with Crippen LogP contribution in [-0.2, 0) is 0 Å². The topological polar surface area (TPSA) is 82.4 Å². The van der Waals surface area contributed by atoms with Gasteiger partial charge in [-0.3, -0.25) is 0 Å². The van der Waals surface area contributed by atoms with Crippen LogP contribution in [0.2, 0.25) is 5.02 Å². The molecular weight excluding hydrogens is 690 g/mol. The van der Waals surface area contributed by atoms with Crippen molar-refractivity contribution in [2.45, 2.75) is 6.92 Å². The fraction of sp³-hybridized carbons (Fsp3) is 0.0476. The number of pyridine rings is 2. The van der Waals surface area contributed by atoms with E-state index >= 15 is 0 Å². The van der Waals surface area contributed by atoms with E-state index in [4.69, 9.17) is 50.7 Å². The molecule has 9 heteroatoms. The number of nitrogens with one attached hydrogen (secondary N) is 3. The smallest absolute Gasteiger partial charge is 0.175 e. The van der Waals surface area contributed by atoms with E-state index in [2.05, 4.69) is 88.6 Å². The first-order valence-electron chi connectivity index (χ1n) is 16.4. The van der Waals surface area contributed by atoms with Crippen LogP contribution in [0.4, 0.5) is 0 Å². The Bertz CT molecular complexity index is 2970. The standard InChI is InChI=1S/C42H28ClN5OS2/c1-22-8-10-23(11-9-22)33-21-30(27-13-12-26-19-29(49-2)16-14-25(26)18-27)35-39-36(41(50)48-42(51)47-39)38(46-40(35)45-33)34-31-20-28(43)15-17-32(31)44-37(34)24-6-4-3-5-7-24/h3-21,44H,1-2H3,(H2,47,48,50,51). The molecule has 0 bridgehead atoms. The fourth-order valence-electron chi connectivity index (χ4n) is 6.95. The van der Waals surface area contributed by atoms with Crippen molar-refractivity contribution in [2.75, 3.05) is 7.11 Å². The summed E-state index contributed by atoms with van der Waals surface area (Å²) in [6.45, 7) is 2.08. The molecule has 51 heavy (non-hydrogen) atoms. The van der Waals surface area contributed by atoms with Crippen molar-refractivity contribution < 1.29 is 4.74 Å². The fourth-order valence-corrected chi connectivity index (χ4v) is 7.69. The molecular formula is C42H28ClN5OS2. The van der Waals surface area contributed by atoms with Crippen molar-refractivity contribution in [3.05, 3.63) is 135 Å². The number of aromatic amines is 3. The molecule has 3 N–H and O–H groups in total. The van der Waals surface area contributed by atoms with Gasteiger partial charge in [0.2, 0.25) is 0 Å². The van der Waals surface area contributed by atoms with E-state index in [0.717, 1.165) is 82.9 Å². The average molecular weight is 718 g/mol. The lowest BCUT2D eigenvalue weighted by Gasteiger charge is -2.16. The molecule has 0 spiro atoms. The molecule has 9 aromatic rings. The summed E-state index contributed by atoms with van der Waals surface area (Å²) >= 11 is 18.5. The molecule has 9 rings (SSSR count). The monoisotopic (exact) mass is 717 g/mol. The maximum Gasteiger partial charge on any atom is 0.175 e. The van der Waals surface area contributed by atoms with Gasteiger partial charge in [-0.15, -0.1) is 0 Å². The molecule has 0 fully saturated rings. The summed E-state index contributed by atoms with van der Waals surface area (Å²) in [7, 11) is 1.68. The first kappa shape index (κ1) is 31.3. The van der Waals surface area contributed by atoms with Crippen LogP contribution in [0.3, 0.4) is 0 Å². The van der Waals surface area contributed by atoms with Gasteiger partial charge in [-0.05, 0) is 89.1 Å². The third-order valence-corrected chi connectivity index (χ3v) is 10.2. The van der Waals surface area contributed by atoms with E-state index in [1.54, 1.807) is 7.11 Å². The number of benzene rings is 5. The molecule has 246 valence electrons. The van der Waals surface area contributed by atoms with Crippen molar-refractivity contribution in [3.63, 3.8) is 0 Å². The molecule has 0 aliphatic carbocycles. The number of hydrogen-bond acceptors (Lipinski definition) is 5. The Morgan fingerprint density at radius 1 is 0.686 bits per heavy atom. The normalized spacial score (nSPS) is 11.6. The van der Waals surface area contributed by atoms with Crippen LogP contribution in [0.5, 0.6) is 5.75 Å². The highest BCUT2D eigenvalue weighted by molar-refractivity contribution is 7.72. The quantitative estimate of drug-likeness (QED) is 0.122. The molecule has 4 heterocycles. The van der Waals surface area contributed by atoms with Crippen LogP contribution in [0.25, 0.3) is 88.5 Å². The van der Waals surface area contributed by atoms with Gasteiger partial charge in [0.25, 0.3) is 0 Å². The SMILES string of the molecule is COc1ccc2cc(-c3cc(-c4ccc(C)cc4)nc4nc(-c5c(-c6ccccc6)[nH]c6ccc(Cl)cc56)c5c(=S)[nH]c(=S)[nH]c5c34)ccc2c1. The molecule has 0 aliphatic heterocycles. The van der Waals surface area contributed by atoms with Crippen LogP contribution in [0.15, 0.2) is 115 Å². The third kappa shape index (κ3) is 5.40. The summed E-state index contributed by atoms with van der Waals surface area (Å²) < 4.78 is 6.39. The Morgan fingerprint density at radius 3 is 2.25 bits per heavy atom. The van der Waals surface area contributed by atoms with E-state index in [9.17, 15) is 0 Å². The van der Waals surface area contributed by atoms with Gasteiger partial charge in [0.1, 0.15) is 10.4 Å². The zero-order chi connectivity index (χ0) is 34.8. The van der Waals surface area contributed by atoms with Gasteiger partial charge < -0.3 is 19.7 Å². The molecule has 5 aromatic carbocycles. The highest BCUT2D eigenvalue weighted by atomic mass is 35.5. The third-order valence-electron chi connectivity index (χ3n) is 9.41. The minimum Gasteiger partial charge on any atom is -0.497 e. The zero-order valence-corrected chi connectivity index (χ0v) is 29.9. The van der Waals surface area contributed by atoms with Crippen LogP contribution >= 0.6 is 36.0 Å². The number of rotatable bonds is 5. The number of fused-ring (bicyclic) bond motifs is 5. The summed E-state index contributed by atoms with van der Waals surface area (Å²) in [6, 6.07) is 39.1. The number of aromatic nitrogens is 5. The molecule has 0 atom stereocenters. The maximum absolute atomic E-state index is 6.65. The Labute approximate surface area is 307 Å². The second-order valence-corrected chi connectivity index (χ2v) is 13.9. The Hall–Kier alpha value is -5.67. The van der Waals surface area contributed by atoms with Gasteiger partial charge >= 0.3 is 0 Å². The lowest BCUT2D eigenvalue weighted by Crippen LogP contribution is -2.00. The number of aryl methyl sites for hydroxylation is 1. The van der Waals surface area contributed by atoms with E-state index in [1.165, 1.54) is 5.56 Å². The van der Waals surface area contributed by atoms with Crippen LogP contribution in [0.1, 0.15) is 5.56 Å². The van der Waals surface area contributed by atoms with Crippen LogP contribution in [0, 0.1) is 16.3 Å². The van der Waals surface area contributed by atoms with E-state index in [0.29, 0.717) is 25.8 Å². The van der Waals surface area contributed by atoms with E-state index in [1.807, 2.05) is 48.5 Å². The van der Waals surface area contributed by atoms with Crippen molar-refractivity contribution in [3.8, 4) is 50.6 Å². The number of halogens is 1. The Balaban J connectivity index is 1.44. The molecule has 0 amide bonds. The highest BCUT2D eigenvalue weighted by Crippen LogP contribution is 2.44. The number of H-pyrrole nitrogens is 3. The summed E-state index contributed by atoms with van der Waals surface area (Å²) in [5.41, 5.74) is 10.6. The van der Waals surface area contributed by atoms with Crippen LogP contribution < -0.4 is 4.74 Å². The van der Waals surface area contributed by atoms with E-state index < -0.39 is 0 Å². The summed E-state index contributed by atoms with van der Waals surface area (Å²) in [4.78, 5) is 21.0. The van der Waals surface area contributed by atoms with Gasteiger partial charge in [0.15, 0.2) is 10.4 Å². The number of ether oxygens (including phenoxy) is 1. The largest absolute Gasteiger partial charge is 0.497 e. The average Bonchev–Trinajstić information content (AvgIpc) is 3.52. The first-order chi connectivity index (χ1) is 24.8. The lowest BCUT2D eigenvalue weighted by atomic mass is 9.94. The minimum atomic E-state index is 0.412. The van der Waals surface area contributed by atoms with Crippen molar-refractivity contribution in [2.24, 2.45) is 0 Å². The molecule has 0 aliphatic rings. The summed E-state index contributed by atoms with van der Waals surface area (Å²) in [6.07, 6.45) is 0. The lowest BCUT2D eigenvalue weighted by molar-refractivity contribution is 0.415. The highest BCUT2D eigenvalue weighted by Gasteiger charge is 2.24. The Morgan fingerprint density at radius 2 is 1.45 bits per heavy atom. The van der Waals surface area contributed by atoms with Gasteiger partial charge in [-0.25, -0.2) is 9.97 Å². The molecule has 0 saturated heterocycles. The number of nitrogens with zero attached hydrogens (tertiary/aromatic N) is 2. The maximum atomic E-state index is 6.65. The second kappa shape index (κ2) is 12.3. The predicted molar refractivity (Wildman–Crippen MR) is 215 cm³/mol. The zero-order valence-electron chi connectivity index (χ0n) is 27.5. The van der Waals surface area contributed by atoms with Gasteiger partial charge in [0, 0.05) is 27.1 Å². The number of methoxy groups -OCH3 is 1. The summed E-state index contributed by atoms with van der Waals surface area (Å²) in [5.74, 6) is 0.809. The van der Waals surface area contributed by atoms with E-state index in [-0.39, 0.29) is 0 Å². The minimum absolute atomic E-state index is 0.412. The van der Waals surface area contributed by atoms with Crippen LogP contribution in [-0.4, -0.2) is 32.0 Å². The second-order valence-electron chi connectivity index (χ2n) is 12.6.